The van der Waals surface area contributed by atoms with Gasteiger partial charge in [-0.25, -0.2) is 8.42 Å². The minimum absolute atomic E-state index is 0.0453. The minimum atomic E-state index is -3.82. The van der Waals surface area contributed by atoms with Crippen LogP contribution in [0, 0.1) is 6.92 Å². The summed E-state index contributed by atoms with van der Waals surface area (Å²) in [6.45, 7) is 7.18. The number of benzene rings is 2. The van der Waals surface area contributed by atoms with E-state index < -0.39 is 28.5 Å². The maximum absolute atomic E-state index is 13.6. The van der Waals surface area contributed by atoms with Crippen LogP contribution >= 0.6 is 0 Å². The predicted octanol–water partition coefficient (Wildman–Crippen LogP) is 2.82. The Morgan fingerprint density at radius 3 is 2.46 bits per heavy atom. The largest absolute Gasteiger partial charge is 0.454 e. The van der Waals surface area contributed by atoms with E-state index >= 15 is 0 Å². The fourth-order valence-corrected chi connectivity index (χ4v) is 4.55. The van der Waals surface area contributed by atoms with Gasteiger partial charge in [0.1, 0.15) is 12.6 Å². The molecule has 35 heavy (non-hydrogen) atoms. The van der Waals surface area contributed by atoms with Gasteiger partial charge < -0.3 is 19.7 Å². The van der Waals surface area contributed by atoms with Crippen LogP contribution in [-0.4, -0.2) is 56.8 Å². The fourth-order valence-electron chi connectivity index (χ4n) is 3.71. The van der Waals surface area contributed by atoms with Crippen molar-refractivity contribution in [1.82, 2.24) is 10.2 Å². The molecule has 2 aromatic carbocycles. The van der Waals surface area contributed by atoms with Crippen molar-refractivity contribution in [3.05, 3.63) is 53.6 Å². The lowest BCUT2D eigenvalue weighted by atomic mass is 10.1. The molecule has 1 N–H and O–H groups in total. The number of fused-ring (bicyclic) bond motifs is 1. The van der Waals surface area contributed by atoms with E-state index in [0.29, 0.717) is 11.5 Å². The van der Waals surface area contributed by atoms with Gasteiger partial charge in [-0.2, -0.15) is 0 Å². The second-order valence-electron chi connectivity index (χ2n) is 8.81. The zero-order valence-electron chi connectivity index (χ0n) is 20.8. The van der Waals surface area contributed by atoms with Crippen LogP contribution in [0.3, 0.4) is 0 Å². The molecule has 1 aliphatic rings. The van der Waals surface area contributed by atoms with Crippen LogP contribution in [0.25, 0.3) is 0 Å². The van der Waals surface area contributed by atoms with Gasteiger partial charge in [-0.1, -0.05) is 36.8 Å². The zero-order valence-corrected chi connectivity index (χ0v) is 21.6. The summed E-state index contributed by atoms with van der Waals surface area (Å²) in [6, 6.07) is 11.5. The Morgan fingerprint density at radius 1 is 1.09 bits per heavy atom. The maximum atomic E-state index is 13.6. The van der Waals surface area contributed by atoms with E-state index in [9.17, 15) is 18.0 Å². The van der Waals surface area contributed by atoms with Gasteiger partial charge in [-0.05, 0) is 44.9 Å². The van der Waals surface area contributed by atoms with E-state index in [1.54, 1.807) is 19.1 Å². The number of hydrogen-bond donors (Lipinski definition) is 1. The molecule has 10 heteroatoms. The summed E-state index contributed by atoms with van der Waals surface area (Å²) < 4.78 is 37.1. The number of aryl methyl sites for hydroxylation is 1. The van der Waals surface area contributed by atoms with E-state index in [-0.39, 0.29) is 31.0 Å². The molecule has 1 heterocycles. The van der Waals surface area contributed by atoms with Gasteiger partial charge in [0, 0.05) is 18.7 Å². The molecule has 0 bridgehead atoms. The molecule has 2 unspecified atom stereocenters. The molecule has 0 aliphatic carbocycles. The molecule has 2 atom stereocenters. The first-order valence-electron chi connectivity index (χ1n) is 11.5. The Labute approximate surface area is 207 Å². The van der Waals surface area contributed by atoms with Crippen LogP contribution in [0.2, 0.25) is 0 Å². The standard InChI is InChI=1S/C25H33N3O6S/c1-6-18(3)26-25(30)19(4)27(14-20-9-7-8-17(2)12-20)24(29)15-28(35(5,31)32)21-10-11-22-23(13-21)34-16-33-22/h7-13,18-19H,6,14-16H2,1-5H3,(H,26,30). The van der Waals surface area contributed by atoms with Crippen molar-refractivity contribution in [3.63, 3.8) is 0 Å². The second kappa shape index (κ2) is 11.0. The highest BCUT2D eigenvalue weighted by Gasteiger charge is 2.31. The third-order valence-electron chi connectivity index (χ3n) is 5.93. The van der Waals surface area contributed by atoms with Crippen LogP contribution in [0.15, 0.2) is 42.5 Å². The lowest BCUT2D eigenvalue weighted by Gasteiger charge is -2.32. The van der Waals surface area contributed by atoms with E-state index in [1.807, 2.05) is 45.0 Å². The van der Waals surface area contributed by atoms with Crippen molar-refractivity contribution in [2.24, 2.45) is 0 Å². The summed E-state index contributed by atoms with van der Waals surface area (Å²) in [6.07, 6.45) is 1.78. The zero-order chi connectivity index (χ0) is 25.8. The summed E-state index contributed by atoms with van der Waals surface area (Å²) in [7, 11) is -3.82. The number of hydrogen-bond acceptors (Lipinski definition) is 6. The van der Waals surface area contributed by atoms with E-state index in [1.165, 1.54) is 11.0 Å². The number of sulfonamides is 1. The average molecular weight is 504 g/mol. The first kappa shape index (κ1) is 26.3. The van der Waals surface area contributed by atoms with Crippen molar-refractivity contribution >= 4 is 27.5 Å². The highest BCUT2D eigenvalue weighted by molar-refractivity contribution is 7.92. The van der Waals surface area contributed by atoms with Crippen LogP contribution in [-0.2, 0) is 26.2 Å². The number of amides is 2. The Balaban J connectivity index is 1.91. The third kappa shape index (κ3) is 6.66. The van der Waals surface area contributed by atoms with Gasteiger partial charge >= 0.3 is 0 Å². The molecule has 190 valence electrons. The second-order valence-corrected chi connectivity index (χ2v) is 10.7. The average Bonchev–Trinajstić information content (AvgIpc) is 3.27. The van der Waals surface area contributed by atoms with Crippen LogP contribution in [0.1, 0.15) is 38.3 Å². The summed E-state index contributed by atoms with van der Waals surface area (Å²) in [5.74, 6) is 0.113. The summed E-state index contributed by atoms with van der Waals surface area (Å²) in [5.41, 5.74) is 2.14. The topological polar surface area (TPSA) is 105 Å². The van der Waals surface area contributed by atoms with Crippen LogP contribution in [0.5, 0.6) is 11.5 Å². The van der Waals surface area contributed by atoms with Crippen LogP contribution < -0.4 is 19.1 Å². The van der Waals surface area contributed by atoms with Gasteiger partial charge in [0.2, 0.25) is 28.6 Å². The highest BCUT2D eigenvalue weighted by Crippen LogP contribution is 2.36. The molecule has 0 saturated heterocycles. The van der Waals surface area contributed by atoms with Crippen molar-refractivity contribution in [3.8, 4) is 11.5 Å². The number of carbonyl (C=O) groups excluding carboxylic acids is 2. The minimum Gasteiger partial charge on any atom is -0.454 e. The number of ether oxygens (including phenoxy) is 2. The molecule has 3 rings (SSSR count). The molecule has 2 aromatic rings. The Hall–Kier alpha value is -3.27. The summed E-state index contributed by atoms with van der Waals surface area (Å²) in [5, 5.41) is 2.91. The molecule has 0 fully saturated rings. The van der Waals surface area contributed by atoms with Crippen molar-refractivity contribution in [1.29, 1.82) is 0 Å². The molecule has 1 aliphatic heterocycles. The van der Waals surface area contributed by atoms with E-state index in [2.05, 4.69) is 5.32 Å². The maximum Gasteiger partial charge on any atom is 0.244 e. The number of nitrogens with zero attached hydrogens (tertiary/aromatic N) is 2. The normalized spacial score (nSPS) is 14.2. The lowest BCUT2D eigenvalue weighted by molar-refractivity contribution is -0.139. The Bertz CT molecular complexity index is 1180. The molecular formula is C25H33N3O6S. The van der Waals surface area contributed by atoms with Crippen LogP contribution in [0.4, 0.5) is 5.69 Å². The fraction of sp³-hybridized carbons (Fsp3) is 0.440. The molecular weight excluding hydrogens is 470 g/mol. The monoisotopic (exact) mass is 503 g/mol. The first-order chi connectivity index (χ1) is 16.5. The van der Waals surface area contributed by atoms with Crippen molar-refractivity contribution in [2.75, 3.05) is 23.9 Å². The molecule has 0 spiro atoms. The number of anilines is 1. The van der Waals surface area contributed by atoms with Gasteiger partial charge in [-0.15, -0.1) is 0 Å². The van der Waals surface area contributed by atoms with E-state index in [0.717, 1.165) is 28.1 Å². The Kier molecular flexibility index (Phi) is 8.26. The molecule has 0 radical (unpaired) electrons. The number of nitrogens with one attached hydrogen (secondary N) is 1. The summed E-state index contributed by atoms with van der Waals surface area (Å²) >= 11 is 0. The molecule has 9 nitrogen and oxygen atoms in total. The number of carbonyl (C=O) groups is 2. The first-order valence-corrected chi connectivity index (χ1v) is 13.4. The lowest BCUT2D eigenvalue weighted by Crippen LogP contribution is -2.52. The van der Waals surface area contributed by atoms with Crippen molar-refractivity contribution < 1.29 is 27.5 Å². The quantitative estimate of drug-likeness (QED) is 0.535. The van der Waals surface area contributed by atoms with Gasteiger partial charge in [-0.3, -0.25) is 13.9 Å². The van der Waals surface area contributed by atoms with Gasteiger partial charge in [0.25, 0.3) is 0 Å². The molecule has 0 saturated carbocycles. The summed E-state index contributed by atoms with van der Waals surface area (Å²) in [4.78, 5) is 27.9. The SMILES string of the molecule is CCC(C)NC(=O)C(C)N(Cc1cccc(C)c1)C(=O)CN(c1ccc2c(c1)OCO2)S(C)(=O)=O. The van der Waals surface area contributed by atoms with E-state index in [4.69, 9.17) is 9.47 Å². The van der Waals surface area contributed by atoms with Gasteiger partial charge in [0.05, 0.1) is 11.9 Å². The predicted molar refractivity (Wildman–Crippen MR) is 134 cm³/mol. The molecule has 0 aromatic heterocycles. The smallest absolute Gasteiger partial charge is 0.244 e. The van der Waals surface area contributed by atoms with Gasteiger partial charge in [0.15, 0.2) is 11.5 Å². The highest BCUT2D eigenvalue weighted by atomic mass is 32.2. The number of rotatable bonds is 10. The molecule has 2 amide bonds. The third-order valence-corrected chi connectivity index (χ3v) is 7.07. The van der Waals surface area contributed by atoms with Crippen molar-refractivity contribution in [2.45, 2.75) is 52.7 Å². The Morgan fingerprint density at radius 2 is 1.80 bits per heavy atom.